The normalized spacial score (nSPS) is 18.1. The fraction of sp³-hybridized carbons (Fsp3) is 0.514. The van der Waals surface area contributed by atoms with E-state index in [-0.39, 0.29) is 12.0 Å². The Morgan fingerprint density at radius 2 is 0.913 bits per heavy atom. The van der Waals surface area contributed by atoms with Crippen LogP contribution in [0.5, 0.6) is 34.5 Å². The van der Waals surface area contributed by atoms with Crippen LogP contribution in [0.1, 0.15) is 53.4 Å². The van der Waals surface area contributed by atoms with Crippen LogP contribution in [0.4, 0.5) is 0 Å². The van der Waals surface area contributed by atoms with Crippen molar-refractivity contribution >= 4 is 23.2 Å². The second-order valence-electron chi connectivity index (χ2n) is 12.7. The zero-order valence-corrected chi connectivity index (χ0v) is 30.2. The fourth-order valence-corrected chi connectivity index (χ4v) is 12.4. The molecule has 0 aromatic heterocycles. The summed E-state index contributed by atoms with van der Waals surface area (Å²) in [5.74, 6) is 4.35. The van der Waals surface area contributed by atoms with Crippen LogP contribution in [-0.4, -0.2) is 66.1 Å². The summed E-state index contributed by atoms with van der Waals surface area (Å²) in [6, 6.07) is 17.4. The predicted octanol–water partition coefficient (Wildman–Crippen LogP) is 5.37. The Kier molecular flexibility index (Phi) is 13.0. The summed E-state index contributed by atoms with van der Waals surface area (Å²) in [6.45, 7) is 8.44. The van der Waals surface area contributed by atoms with Gasteiger partial charge in [-0.1, -0.05) is 45.9 Å². The Bertz CT molecular complexity index is 1210. The first kappa shape index (κ1) is 37.3. The lowest BCUT2D eigenvalue weighted by Gasteiger charge is -2.43. The average molecular weight is 657 g/mol. The third-order valence-electron chi connectivity index (χ3n) is 9.02. The molecule has 46 heavy (non-hydrogen) atoms. The van der Waals surface area contributed by atoms with E-state index in [0.29, 0.717) is 59.4 Å². The highest BCUT2D eigenvalue weighted by molar-refractivity contribution is 7.96. The van der Waals surface area contributed by atoms with Gasteiger partial charge in [0, 0.05) is 0 Å². The molecule has 4 rings (SSSR count). The Balaban J connectivity index is 0.00000185. The van der Waals surface area contributed by atoms with Gasteiger partial charge in [-0.15, -0.1) is 6.61 Å². The summed E-state index contributed by atoms with van der Waals surface area (Å²) in [7, 11) is 6.90. The Morgan fingerprint density at radius 1 is 0.652 bits per heavy atom. The molecule has 3 aromatic rings. The Hall–Kier alpha value is -3.19. The quantitative estimate of drug-likeness (QED) is 0.276. The van der Waals surface area contributed by atoms with E-state index in [4.69, 9.17) is 33.5 Å². The van der Waals surface area contributed by atoms with Crippen LogP contribution in [0.3, 0.4) is 0 Å². The van der Waals surface area contributed by atoms with E-state index in [2.05, 4.69) is 20.8 Å². The van der Waals surface area contributed by atoms with Crippen molar-refractivity contribution in [3.05, 3.63) is 54.6 Å². The highest BCUT2D eigenvalue weighted by Gasteiger charge is 2.61. The number of ether oxygens (including phenoxy) is 6. The zero-order valence-electron chi connectivity index (χ0n) is 29.3. The second kappa shape index (κ2) is 16.1. The largest absolute Gasteiger partial charge is 0.855 e. The van der Waals surface area contributed by atoms with Gasteiger partial charge in [0.25, 0.3) is 0 Å². The van der Waals surface area contributed by atoms with Crippen LogP contribution in [0, 0.1) is 11.3 Å². The lowest BCUT2D eigenvalue weighted by Crippen LogP contribution is -2.47. The van der Waals surface area contributed by atoms with E-state index in [9.17, 15) is 5.11 Å². The molecule has 1 aliphatic rings. The van der Waals surface area contributed by atoms with Crippen molar-refractivity contribution in [3.63, 3.8) is 0 Å². The number of rotatable bonds is 11. The van der Waals surface area contributed by atoms with Crippen LogP contribution in [-0.2, 0) is 0 Å². The smallest absolute Gasteiger partial charge is 0.188 e. The molecule has 0 heterocycles. The van der Waals surface area contributed by atoms with E-state index in [1.807, 2.05) is 54.6 Å². The van der Waals surface area contributed by atoms with Gasteiger partial charge in [-0.3, -0.25) is 0 Å². The van der Waals surface area contributed by atoms with Gasteiger partial charge in [0.05, 0.1) is 48.3 Å². The van der Waals surface area contributed by atoms with Crippen molar-refractivity contribution in [3.8, 4) is 34.5 Å². The molecule has 0 bridgehead atoms. The van der Waals surface area contributed by atoms with Crippen molar-refractivity contribution in [1.29, 1.82) is 0 Å². The summed E-state index contributed by atoms with van der Waals surface area (Å²) in [5, 5.41) is 24.2. The van der Waals surface area contributed by atoms with Crippen molar-refractivity contribution in [1.82, 2.24) is 0 Å². The van der Waals surface area contributed by atoms with Gasteiger partial charge >= 0.3 is 0 Å². The number of methoxy groups -OCH3 is 6. The second-order valence-corrected chi connectivity index (χ2v) is 15.9. The Labute approximate surface area is 276 Å². The van der Waals surface area contributed by atoms with Gasteiger partial charge in [-0.25, -0.2) is 0 Å². The first-order chi connectivity index (χ1) is 21.9. The molecule has 0 aliphatic heterocycles. The highest BCUT2D eigenvalue weighted by Crippen LogP contribution is 2.67. The molecule has 8 nitrogen and oxygen atoms in total. The Morgan fingerprint density at radius 3 is 1.13 bits per heavy atom. The van der Waals surface area contributed by atoms with Crippen LogP contribution >= 0.6 is 7.26 Å². The number of hydrogen-bond acceptors (Lipinski definition) is 8. The van der Waals surface area contributed by atoms with Gasteiger partial charge in [-0.05, 0) is 73.4 Å². The zero-order chi connectivity index (χ0) is 34.1. The predicted molar refractivity (Wildman–Crippen MR) is 186 cm³/mol. The van der Waals surface area contributed by atoms with Gasteiger partial charge < -0.3 is 38.6 Å². The standard InChI is InChI=1S/C35H48O7P.C2H5O/c1-34(2,3)24-19-21-35(36,22-20-24)23-43(31-25(37-4)13-10-14-26(31)38-5,32-27(39-6)15-11-16-28(32)40-7)33-29(41-8)17-12-18-30(33)42-9;1-2-3/h10-18,24,36H,19-23H2,1-9H3;2H2,1H3/q+1;-1. The lowest BCUT2D eigenvalue weighted by atomic mass is 9.69. The van der Waals surface area contributed by atoms with Crippen molar-refractivity contribution in [2.75, 3.05) is 55.4 Å². The van der Waals surface area contributed by atoms with Crippen molar-refractivity contribution < 1.29 is 38.6 Å². The lowest BCUT2D eigenvalue weighted by molar-refractivity contribution is -0.361. The summed E-state index contributed by atoms with van der Waals surface area (Å²) >= 11 is 0. The molecule has 0 unspecified atom stereocenters. The third-order valence-corrected chi connectivity index (χ3v) is 13.7. The molecule has 0 atom stereocenters. The first-order valence-electron chi connectivity index (χ1n) is 15.8. The maximum atomic E-state index is 12.7. The maximum absolute atomic E-state index is 12.7. The first-order valence-corrected chi connectivity index (χ1v) is 17.8. The van der Waals surface area contributed by atoms with Gasteiger partial charge in [0.1, 0.15) is 13.4 Å². The monoisotopic (exact) mass is 656 g/mol. The average Bonchev–Trinajstić information content (AvgIpc) is 3.06. The molecular formula is C37H53O8P. The van der Waals surface area contributed by atoms with Crippen molar-refractivity contribution in [2.45, 2.75) is 59.0 Å². The molecule has 9 heteroatoms. The van der Waals surface area contributed by atoms with Gasteiger partial charge in [-0.2, -0.15) is 0 Å². The van der Waals surface area contributed by atoms with E-state index in [1.165, 1.54) is 0 Å². The van der Waals surface area contributed by atoms with Crippen molar-refractivity contribution in [2.24, 2.45) is 11.3 Å². The topological polar surface area (TPSA) is 98.7 Å². The summed E-state index contributed by atoms with van der Waals surface area (Å²) in [5.41, 5.74) is -0.851. The number of benzene rings is 3. The maximum Gasteiger partial charge on any atom is 0.188 e. The number of aliphatic hydroxyl groups is 1. The molecule has 3 aromatic carbocycles. The third kappa shape index (κ3) is 7.51. The highest BCUT2D eigenvalue weighted by atomic mass is 31.2. The van der Waals surface area contributed by atoms with Crippen LogP contribution in [0.25, 0.3) is 0 Å². The van der Waals surface area contributed by atoms with Gasteiger partial charge in [0.15, 0.2) is 50.4 Å². The van der Waals surface area contributed by atoms with E-state index < -0.39 is 12.9 Å². The minimum atomic E-state index is -3.07. The van der Waals surface area contributed by atoms with E-state index in [0.717, 1.165) is 28.8 Å². The van der Waals surface area contributed by atoms with Crippen LogP contribution < -0.4 is 49.4 Å². The molecule has 1 N–H and O–H groups in total. The molecule has 0 saturated heterocycles. The molecule has 0 spiro atoms. The van der Waals surface area contributed by atoms with Crippen LogP contribution in [0.2, 0.25) is 0 Å². The molecule has 1 aliphatic carbocycles. The molecule has 0 radical (unpaired) electrons. The molecule has 0 amide bonds. The number of hydrogen-bond donors (Lipinski definition) is 1. The molecule has 1 saturated carbocycles. The summed E-state index contributed by atoms with van der Waals surface area (Å²) in [4.78, 5) is 0. The molecule has 254 valence electrons. The van der Waals surface area contributed by atoms with Gasteiger partial charge in [0.2, 0.25) is 0 Å². The SMILES string of the molecule is CC[O-].COc1cccc(OC)c1[P+](CC1(O)CCC(C(C)(C)C)CC1)(c1c(OC)cccc1OC)c1c(OC)cccc1OC. The molecular weight excluding hydrogens is 603 g/mol. The summed E-state index contributed by atoms with van der Waals surface area (Å²) < 4.78 is 36.7. The molecule has 1 fully saturated rings. The fourth-order valence-electron chi connectivity index (χ4n) is 6.82. The minimum absolute atomic E-state index is 0. The van der Waals surface area contributed by atoms with Crippen LogP contribution in [0.15, 0.2) is 54.6 Å². The summed E-state index contributed by atoms with van der Waals surface area (Å²) in [6.07, 6.45) is 3.54. The van der Waals surface area contributed by atoms with E-state index in [1.54, 1.807) is 49.6 Å². The van der Waals surface area contributed by atoms with E-state index >= 15 is 0 Å². The minimum Gasteiger partial charge on any atom is -0.855 e.